The zero-order chi connectivity index (χ0) is 13.7. The first kappa shape index (κ1) is 13.1. The van der Waals surface area contributed by atoms with Crippen molar-refractivity contribution in [2.45, 2.75) is 6.42 Å². The summed E-state index contributed by atoms with van der Waals surface area (Å²) in [6.45, 7) is 0. The first-order chi connectivity index (χ1) is 9.13. The van der Waals surface area contributed by atoms with Gasteiger partial charge in [-0.3, -0.25) is 14.7 Å². The monoisotopic (exact) mass is 278 g/mol. The van der Waals surface area contributed by atoms with Gasteiger partial charge in [0.25, 0.3) is 5.56 Å². The summed E-state index contributed by atoms with van der Waals surface area (Å²) in [4.78, 5) is 22.3. The molecular weight excluding hydrogens is 268 g/mol. The summed E-state index contributed by atoms with van der Waals surface area (Å²) in [6, 6.07) is 8.34. The number of rotatable bonds is 4. The topological polar surface area (TPSA) is 90.1 Å². The van der Waals surface area contributed by atoms with Crippen LogP contribution in [0.1, 0.15) is 11.3 Å². The number of benzene rings is 1. The minimum atomic E-state index is -0.319. The molecule has 3 N–H and O–H groups in total. The lowest BCUT2D eigenvalue weighted by Gasteiger charge is -1.97. The van der Waals surface area contributed by atoms with Gasteiger partial charge in [-0.1, -0.05) is 23.7 Å². The largest absolute Gasteiger partial charge is 0.302 e. The average molecular weight is 279 g/mol. The molecule has 0 radical (unpaired) electrons. The highest BCUT2D eigenvalue weighted by Crippen LogP contribution is 2.07. The quantitative estimate of drug-likeness (QED) is 0.576. The number of hydrogen-bond acceptors (Lipinski definition) is 3. The molecule has 0 unspecified atom stereocenters. The van der Waals surface area contributed by atoms with Crippen LogP contribution in [0.4, 0.5) is 0 Å². The third kappa shape index (κ3) is 4.11. The van der Waals surface area contributed by atoms with Gasteiger partial charge in [0, 0.05) is 16.8 Å². The van der Waals surface area contributed by atoms with Crippen molar-refractivity contribution >= 4 is 23.7 Å². The lowest BCUT2D eigenvalue weighted by Crippen LogP contribution is -2.20. The highest BCUT2D eigenvalue weighted by atomic mass is 35.5. The number of nitrogens with one attached hydrogen (secondary N) is 3. The number of aromatic amines is 2. The van der Waals surface area contributed by atoms with Crippen LogP contribution >= 0.6 is 11.6 Å². The number of aromatic nitrogens is 2. The molecule has 98 valence electrons. The molecular formula is C12H11ClN4O2. The van der Waals surface area contributed by atoms with Crippen LogP contribution in [-0.4, -0.2) is 22.3 Å². The fourth-order valence-corrected chi connectivity index (χ4v) is 1.53. The van der Waals surface area contributed by atoms with Gasteiger partial charge in [0.15, 0.2) is 0 Å². The van der Waals surface area contributed by atoms with Crippen LogP contribution < -0.4 is 11.0 Å². The smallest absolute Gasteiger partial charge is 0.264 e. The lowest BCUT2D eigenvalue weighted by molar-refractivity contribution is -0.120. The van der Waals surface area contributed by atoms with E-state index in [1.165, 1.54) is 12.3 Å². The first-order valence-electron chi connectivity index (χ1n) is 5.47. The summed E-state index contributed by atoms with van der Waals surface area (Å²) in [5, 5.41) is 9.38. The summed E-state index contributed by atoms with van der Waals surface area (Å²) in [5.41, 5.74) is 3.42. The van der Waals surface area contributed by atoms with Gasteiger partial charge in [0.2, 0.25) is 5.91 Å². The van der Waals surface area contributed by atoms with E-state index < -0.39 is 0 Å². The molecule has 0 fully saturated rings. The second kappa shape index (κ2) is 6.01. The molecule has 0 atom stereocenters. The Morgan fingerprint density at radius 1 is 1.32 bits per heavy atom. The van der Waals surface area contributed by atoms with Gasteiger partial charge in [-0.2, -0.15) is 5.10 Å². The molecule has 2 aromatic rings. The van der Waals surface area contributed by atoms with Crippen LogP contribution in [0.25, 0.3) is 0 Å². The Balaban J connectivity index is 1.86. The number of H-pyrrole nitrogens is 2. The maximum absolute atomic E-state index is 11.5. The Hall–Kier alpha value is -2.34. The van der Waals surface area contributed by atoms with E-state index in [4.69, 9.17) is 11.6 Å². The predicted octanol–water partition coefficient (Wildman–Crippen LogP) is 1.05. The van der Waals surface area contributed by atoms with Crippen LogP contribution in [0.15, 0.2) is 40.2 Å². The van der Waals surface area contributed by atoms with Crippen LogP contribution in [0.2, 0.25) is 5.02 Å². The van der Waals surface area contributed by atoms with E-state index in [0.29, 0.717) is 10.7 Å². The van der Waals surface area contributed by atoms with Gasteiger partial charge < -0.3 is 5.10 Å². The van der Waals surface area contributed by atoms with Crippen molar-refractivity contribution < 1.29 is 4.79 Å². The second-order valence-corrected chi connectivity index (χ2v) is 4.24. The Bertz CT molecular complexity index is 642. The Kier molecular flexibility index (Phi) is 4.15. The van der Waals surface area contributed by atoms with Gasteiger partial charge in [-0.25, -0.2) is 5.43 Å². The standard InChI is InChI=1S/C12H11ClN4O2/c13-9-3-1-8(2-4-9)7-14-16-11(18)5-10-6-12(19)17-15-10/h1-4,6-7H,5H2,(H,16,18)(H2,15,17,19)/b14-7-. The average Bonchev–Trinajstić information content (AvgIpc) is 2.77. The zero-order valence-electron chi connectivity index (χ0n) is 9.81. The highest BCUT2D eigenvalue weighted by Gasteiger charge is 2.03. The van der Waals surface area contributed by atoms with Gasteiger partial charge in [0.05, 0.1) is 12.6 Å². The van der Waals surface area contributed by atoms with E-state index in [1.54, 1.807) is 24.3 Å². The number of amides is 1. The number of hydrazone groups is 1. The van der Waals surface area contributed by atoms with E-state index in [0.717, 1.165) is 5.56 Å². The maximum atomic E-state index is 11.5. The molecule has 7 heteroatoms. The first-order valence-corrected chi connectivity index (χ1v) is 5.85. The summed E-state index contributed by atoms with van der Waals surface area (Å²) < 4.78 is 0. The Morgan fingerprint density at radius 2 is 2.05 bits per heavy atom. The Morgan fingerprint density at radius 3 is 2.68 bits per heavy atom. The molecule has 0 saturated carbocycles. The molecule has 6 nitrogen and oxygen atoms in total. The summed E-state index contributed by atoms with van der Waals surface area (Å²) in [6.07, 6.45) is 1.56. The van der Waals surface area contributed by atoms with Crippen molar-refractivity contribution in [3.8, 4) is 0 Å². The van der Waals surface area contributed by atoms with Crippen molar-refractivity contribution in [2.75, 3.05) is 0 Å². The Labute approximate surface area is 113 Å². The number of nitrogens with zero attached hydrogens (tertiary/aromatic N) is 1. The SMILES string of the molecule is O=C(Cc1cc(=O)[nH][nH]1)N/N=C\c1ccc(Cl)cc1. The van der Waals surface area contributed by atoms with Gasteiger partial charge in [-0.15, -0.1) is 0 Å². The highest BCUT2D eigenvalue weighted by molar-refractivity contribution is 6.30. The zero-order valence-corrected chi connectivity index (χ0v) is 10.6. The van der Waals surface area contributed by atoms with Gasteiger partial charge in [0.1, 0.15) is 0 Å². The molecule has 0 bridgehead atoms. The third-order valence-corrected chi connectivity index (χ3v) is 2.53. The molecule has 0 aliphatic carbocycles. The molecule has 0 aliphatic heterocycles. The maximum Gasteiger partial charge on any atom is 0.264 e. The number of carbonyl (C=O) groups is 1. The molecule has 1 heterocycles. The number of carbonyl (C=O) groups excluding carboxylic acids is 1. The van der Waals surface area contributed by atoms with Crippen molar-refractivity contribution in [1.29, 1.82) is 0 Å². The van der Waals surface area contributed by atoms with E-state index in [2.05, 4.69) is 20.7 Å². The third-order valence-electron chi connectivity index (χ3n) is 2.28. The minimum absolute atomic E-state index is 0.0523. The van der Waals surface area contributed by atoms with Crippen LogP contribution in [0.5, 0.6) is 0 Å². The van der Waals surface area contributed by atoms with Gasteiger partial charge >= 0.3 is 0 Å². The van der Waals surface area contributed by atoms with E-state index in [1.807, 2.05) is 0 Å². The summed E-state index contributed by atoms with van der Waals surface area (Å²) in [7, 11) is 0. The molecule has 0 aliphatic rings. The number of halogens is 1. The van der Waals surface area contributed by atoms with Crippen LogP contribution in [0, 0.1) is 0 Å². The molecule has 19 heavy (non-hydrogen) atoms. The molecule has 0 saturated heterocycles. The molecule has 0 spiro atoms. The predicted molar refractivity (Wildman–Crippen MR) is 72.3 cm³/mol. The van der Waals surface area contributed by atoms with Crippen molar-refractivity contribution in [2.24, 2.45) is 5.10 Å². The van der Waals surface area contributed by atoms with E-state index in [9.17, 15) is 9.59 Å². The summed E-state index contributed by atoms with van der Waals surface area (Å²) >= 11 is 5.74. The van der Waals surface area contributed by atoms with Crippen molar-refractivity contribution in [3.05, 3.63) is 57.0 Å². The van der Waals surface area contributed by atoms with E-state index >= 15 is 0 Å². The van der Waals surface area contributed by atoms with Crippen LogP contribution in [0.3, 0.4) is 0 Å². The molecule has 1 aromatic carbocycles. The summed E-state index contributed by atoms with van der Waals surface area (Å²) in [5.74, 6) is -0.319. The fraction of sp³-hybridized carbons (Fsp3) is 0.0833. The van der Waals surface area contributed by atoms with Crippen molar-refractivity contribution in [1.82, 2.24) is 15.6 Å². The van der Waals surface area contributed by atoms with Crippen LogP contribution in [-0.2, 0) is 11.2 Å². The molecule has 1 amide bonds. The van der Waals surface area contributed by atoms with Gasteiger partial charge in [-0.05, 0) is 17.7 Å². The molecule has 1 aromatic heterocycles. The second-order valence-electron chi connectivity index (χ2n) is 3.81. The number of hydrogen-bond donors (Lipinski definition) is 3. The minimum Gasteiger partial charge on any atom is -0.302 e. The normalized spacial score (nSPS) is 10.8. The van der Waals surface area contributed by atoms with E-state index in [-0.39, 0.29) is 17.9 Å². The fourth-order valence-electron chi connectivity index (χ4n) is 1.41. The van der Waals surface area contributed by atoms with Crippen molar-refractivity contribution in [3.63, 3.8) is 0 Å². The molecule has 2 rings (SSSR count). The lowest BCUT2D eigenvalue weighted by atomic mass is 10.2.